The van der Waals surface area contributed by atoms with E-state index in [1.54, 1.807) is 0 Å². The molecule has 7 nitrogen and oxygen atoms in total. The number of ether oxygens (including phenoxy) is 3. The second-order valence-corrected chi connectivity index (χ2v) is 4.46. The van der Waals surface area contributed by atoms with Gasteiger partial charge >= 0.3 is 12.6 Å². The van der Waals surface area contributed by atoms with Gasteiger partial charge in [-0.05, 0) is 12.1 Å². The molecule has 1 N–H and O–H groups in total. The van der Waals surface area contributed by atoms with Crippen LogP contribution in [0.1, 0.15) is 12.0 Å². The number of halogens is 2. The van der Waals surface area contributed by atoms with Gasteiger partial charge in [0.1, 0.15) is 0 Å². The molecule has 0 bridgehead atoms. The fraction of sp³-hybridized carbons (Fsp3) is 0.312. The van der Waals surface area contributed by atoms with Crippen LogP contribution in [0.4, 0.5) is 8.78 Å². The summed E-state index contributed by atoms with van der Waals surface area (Å²) in [5, 5.41) is 10.7. The van der Waals surface area contributed by atoms with Crippen LogP contribution in [0, 0.1) is 11.3 Å². The predicted octanol–water partition coefficient (Wildman–Crippen LogP) is 1.88. The number of methoxy groups -OCH3 is 1. The molecule has 0 aliphatic rings. The maximum atomic E-state index is 12.5. The Morgan fingerprint density at radius 2 is 2.16 bits per heavy atom. The minimum absolute atomic E-state index is 0.0766. The van der Waals surface area contributed by atoms with Gasteiger partial charge in [-0.25, -0.2) is 4.79 Å². The van der Waals surface area contributed by atoms with E-state index in [9.17, 15) is 18.4 Å². The smallest absolute Gasteiger partial charge is 0.387 e. The Balaban J connectivity index is 2.67. The highest BCUT2D eigenvalue weighted by atomic mass is 19.3. The average molecular weight is 354 g/mol. The van der Waals surface area contributed by atoms with Crippen molar-refractivity contribution in [3.8, 4) is 17.6 Å². The number of alkyl halides is 2. The zero-order valence-electron chi connectivity index (χ0n) is 13.3. The number of hydrogen-bond acceptors (Lipinski definition) is 6. The Hall–Kier alpha value is -3.15. The highest BCUT2D eigenvalue weighted by molar-refractivity contribution is 5.89. The van der Waals surface area contributed by atoms with Gasteiger partial charge in [-0.2, -0.15) is 14.0 Å². The highest BCUT2D eigenvalue weighted by Crippen LogP contribution is 2.33. The van der Waals surface area contributed by atoms with Gasteiger partial charge in [-0.1, -0.05) is 12.1 Å². The van der Waals surface area contributed by atoms with Crippen LogP contribution in [0.15, 0.2) is 24.3 Å². The molecule has 0 atom stereocenters. The molecule has 0 fully saturated rings. The molecule has 1 amide bonds. The number of para-hydroxylation sites is 1. The largest absolute Gasteiger partial charge is 0.493 e. The molecule has 9 heteroatoms. The molecule has 0 aliphatic heterocycles. The van der Waals surface area contributed by atoms with E-state index in [0.717, 1.165) is 6.08 Å². The van der Waals surface area contributed by atoms with Gasteiger partial charge < -0.3 is 19.5 Å². The Kier molecular flexibility index (Phi) is 8.43. The lowest BCUT2D eigenvalue weighted by atomic mass is 10.1. The van der Waals surface area contributed by atoms with E-state index in [0.29, 0.717) is 0 Å². The number of benzene rings is 1. The lowest BCUT2D eigenvalue weighted by molar-refractivity contribution is -0.143. The molecule has 134 valence electrons. The number of nitriles is 1. The van der Waals surface area contributed by atoms with Crippen LogP contribution in [0.2, 0.25) is 0 Å². The predicted molar refractivity (Wildman–Crippen MR) is 82.9 cm³/mol. The Labute approximate surface area is 142 Å². The van der Waals surface area contributed by atoms with E-state index in [1.807, 2.05) is 6.07 Å². The Bertz CT molecular complexity index is 671. The van der Waals surface area contributed by atoms with Crippen molar-refractivity contribution >= 4 is 18.0 Å². The molecule has 0 aromatic heterocycles. The fourth-order valence-electron chi connectivity index (χ4n) is 1.69. The number of hydrogen-bond donors (Lipinski definition) is 1. The summed E-state index contributed by atoms with van der Waals surface area (Å²) in [7, 11) is 1.29. The number of amides is 1. The molecule has 0 aliphatic carbocycles. The molecular formula is C16H16F2N2O5. The number of nitrogens with zero attached hydrogens (tertiary/aromatic N) is 1. The van der Waals surface area contributed by atoms with Crippen LogP contribution in [-0.4, -0.2) is 38.7 Å². The number of nitrogens with one attached hydrogen (secondary N) is 1. The minimum Gasteiger partial charge on any atom is -0.493 e. The van der Waals surface area contributed by atoms with Crippen molar-refractivity contribution in [2.24, 2.45) is 0 Å². The van der Waals surface area contributed by atoms with Crippen molar-refractivity contribution in [2.75, 3.05) is 20.3 Å². The molecule has 1 aromatic carbocycles. The summed E-state index contributed by atoms with van der Waals surface area (Å²) in [6.07, 6.45) is 2.31. The number of esters is 1. The van der Waals surface area contributed by atoms with Crippen molar-refractivity contribution in [1.82, 2.24) is 5.32 Å². The van der Waals surface area contributed by atoms with Crippen LogP contribution >= 0.6 is 0 Å². The second kappa shape index (κ2) is 10.6. The Morgan fingerprint density at radius 1 is 1.40 bits per heavy atom. The molecule has 0 spiro atoms. The number of carbonyl (C=O) groups is 2. The van der Waals surface area contributed by atoms with Gasteiger partial charge in [-0.3, -0.25) is 4.79 Å². The summed E-state index contributed by atoms with van der Waals surface area (Å²) >= 11 is 0. The first kappa shape index (κ1) is 19.9. The van der Waals surface area contributed by atoms with Crippen molar-refractivity contribution in [1.29, 1.82) is 5.26 Å². The van der Waals surface area contributed by atoms with Crippen LogP contribution in [0.3, 0.4) is 0 Å². The molecule has 0 saturated heterocycles. The van der Waals surface area contributed by atoms with Crippen molar-refractivity contribution in [2.45, 2.75) is 13.0 Å². The first-order chi connectivity index (χ1) is 12.0. The minimum atomic E-state index is -3.06. The van der Waals surface area contributed by atoms with Gasteiger partial charge in [0, 0.05) is 18.2 Å². The molecule has 1 aromatic rings. The first-order valence-corrected chi connectivity index (χ1v) is 7.08. The summed E-state index contributed by atoms with van der Waals surface area (Å²) in [6, 6.07) is 6.25. The third-order valence-electron chi connectivity index (χ3n) is 2.74. The standard InChI is InChI=1S/C16H16F2N2O5/c1-23-12-5-2-4-11(15(12)25-16(17)18)6-7-14(22)24-10-13(21)20-9-3-8-19/h2,4-7,16H,3,9-10H2,1H3,(H,20,21)/b7-6+. The van der Waals surface area contributed by atoms with Crippen LogP contribution < -0.4 is 14.8 Å². The maximum absolute atomic E-state index is 12.5. The molecule has 0 radical (unpaired) electrons. The zero-order chi connectivity index (χ0) is 18.7. The number of carbonyl (C=O) groups excluding carboxylic acids is 2. The summed E-state index contributed by atoms with van der Waals surface area (Å²) in [4.78, 5) is 22.9. The Morgan fingerprint density at radius 3 is 2.80 bits per heavy atom. The first-order valence-electron chi connectivity index (χ1n) is 7.08. The van der Waals surface area contributed by atoms with E-state index in [1.165, 1.54) is 31.4 Å². The van der Waals surface area contributed by atoms with Gasteiger partial charge in [0.15, 0.2) is 18.1 Å². The zero-order valence-corrected chi connectivity index (χ0v) is 13.3. The van der Waals surface area contributed by atoms with Crippen LogP contribution in [-0.2, 0) is 14.3 Å². The van der Waals surface area contributed by atoms with E-state index < -0.39 is 25.1 Å². The molecular weight excluding hydrogens is 338 g/mol. The molecule has 25 heavy (non-hydrogen) atoms. The summed E-state index contributed by atoms with van der Waals surface area (Å²) in [6.45, 7) is -3.43. The molecule has 1 rings (SSSR count). The molecule has 0 unspecified atom stereocenters. The maximum Gasteiger partial charge on any atom is 0.387 e. The summed E-state index contributed by atoms with van der Waals surface area (Å²) in [5.41, 5.74) is 0.176. The van der Waals surface area contributed by atoms with Crippen molar-refractivity contribution < 1.29 is 32.6 Å². The number of rotatable bonds is 9. The second-order valence-electron chi connectivity index (χ2n) is 4.46. The molecule has 0 heterocycles. The van der Waals surface area contributed by atoms with Crippen molar-refractivity contribution in [3.63, 3.8) is 0 Å². The normalized spacial score (nSPS) is 10.4. The van der Waals surface area contributed by atoms with Crippen LogP contribution in [0.25, 0.3) is 6.08 Å². The van der Waals surface area contributed by atoms with Gasteiger partial charge in [0.05, 0.1) is 19.6 Å². The van der Waals surface area contributed by atoms with E-state index in [4.69, 9.17) is 14.7 Å². The van der Waals surface area contributed by atoms with Crippen molar-refractivity contribution in [3.05, 3.63) is 29.8 Å². The monoisotopic (exact) mass is 354 g/mol. The fourth-order valence-corrected chi connectivity index (χ4v) is 1.69. The average Bonchev–Trinajstić information content (AvgIpc) is 2.58. The van der Waals surface area contributed by atoms with Gasteiger partial charge in [0.2, 0.25) is 0 Å². The SMILES string of the molecule is COc1cccc(/C=C/C(=O)OCC(=O)NCCC#N)c1OC(F)F. The van der Waals surface area contributed by atoms with Crippen LogP contribution in [0.5, 0.6) is 11.5 Å². The topological polar surface area (TPSA) is 97.6 Å². The lowest BCUT2D eigenvalue weighted by Gasteiger charge is -2.12. The lowest BCUT2D eigenvalue weighted by Crippen LogP contribution is -2.29. The van der Waals surface area contributed by atoms with E-state index in [2.05, 4.69) is 10.1 Å². The third-order valence-corrected chi connectivity index (χ3v) is 2.74. The van der Waals surface area contributed by atoms with E-state index >= 15 is 0 Å². The van der Waals surface area contributed by atoms with E-state index in [-0.39, 0.29) is 30.0 Å². The molecule has 0 saturated carbocycles. The highest BCUT2D eigenvalue weighted by Gasteiger charge is 2.14. The van der Waals surface area contributed by atoms with Gasteiger partial charge in [0.25, 0.3) is 5.91 Å². The summed E-state index contributed by atoms with van der Waals surface area (Å²) < 4.78 is 39.0. The quantitative estimate of drug-likeness (QED) is 0.413. The van der Waals surface area contributed by atoms with Gasteiger partial charge in [-0.15, -0.1) is 0 Å². The third kappa shape index (κ3) is 7.30. The summed E-state index contributed by atoms with van der Waals surface area (Å²) in [5.74, 6) is -1.55.